The standard InChI is InChI=1S/C11H18N2OS.CH3F/c1-2-3-4-5-6-9-10-8(7-15-9)12-11(14)13-10;1-2/h2,8-10H,1,3-7H2,(H2,12,13,14);1H3/t8-,9?,10?;/m0./s1. The van der Waals surface area contributed by atoms with Gasteiger partial charge in [0.25, 0.3) is 0 Å². The van der Waals surface area contributed by atoms with Crippen molar-refractivity contribution in [2.45, 2.75) is 43.0 Å². The maximum Gasteiger partial charge on any atom is 0.315 e. The van der Waals surface area contributed by atoms with Crippen molar-refractivity contribution in [1.29, 1.82) is 0 Å². The molecule has 2 rings (SSSR count). The SMILES string of the molecule is C=CCCCCC1SC[C@@H]2NC(=O)NC12.CF. The van der Waals surface area contributed by atoms with E-state index in [4.69, 9.17) is 0 Å². The summed E-state index contributed by atoms with van der Waals surface area (Å²) in [6.45, 7) is 3.72. The van der Waals surface area contributed by atoms with Crippen LogP contribution >= 0.6 is 11.8 Å². The van der Waals surface area contributed by atoms with Crippen LogP contribution in [0.2, 0.25) is 0 Å². The van der Waals surface area contributed by atoms with E-state index in [1.165, 1.54) is 19.3 Å². The number of allylic oxidation sites excluding steroid dienone is 1. The normalized spacial score (nSPS) is 29.8. The van der Waals surface area contributed by atoms with E-state index in [1.807, 2.05) is 17.8 Å². The van der Waals surface area contributed by atoms with Gasteiger partial charge < -0.3 is 10.6 Å². The molecule has 5 heteroatoms. The number of carbonyl (C=O) groups excluding carboxylic acids is 1. The van der Waals surface area contributed by atoms with Crippen LogP contribution in [-0.4, -0.2) is 36.3 Å². The van der Waals surface area contributed by atoms with Crippen LogP contribution in [0.25, 0.3) is 0 Å². The first-order chi connectivity index (χ1) is 8.31. The lowest BCUT2D eigenvalue weighted by Gasteiger charge is -2.16. The van der Waals surface area contributed by atoms with E-state index < -0.39 is 0 Å². The molecule has 0 radical (unpaired) electrons. The third-order valence-corrected chi connectivity index (χ3v) is 4.59. The van der Waals surface area contributed by atoms with Crippen LogP contribution in [0, 0.1) is 0 Å². The first kappa shape index (κ1) is 14.4. The number of fused-ring (bicyclic) bond motifs is 1. The number of halogens is 1. The molecule has 2 saturated heterocycles. The third-order valence-electron chi connectivity index (χ3n) is 3.09. The lowest BCUT2D eigenvalue weighted by molar-refractivity contribution is 0.247. The average molecular weight is 260 g/mol. The molecule has 2 amide bonds. The molecule has 0 saturated carbocycles. The number of amides is 2. The number of hydrogen-bond acceptors (Lipinski definition) is 2. The molecule has 2 aliphatic rings. The first-order valence-corrected chi connectivity index (χ1v) is 7.03. The Hall–Kier alpha value is -0.710. The summed E-state index contributed by atoms with van der Waals surface area (Å²) in [6.07, 6.45) is 6.75. The van der Waals surface area contributed by atoms with Gasteiger partial charge in [-0.25, -0.2) is 4.79 Å². The van der Waals surface area contributed by atoms with Gasteiger partial charge in [-0.1, -0.05) is 12.5 Å². The van der Waals surface area contributed by atoms with Crippen molar-refractivity contribution in [3.05, 3.63) is 12.7 Å². The Morgan fingerprint density at radius 1 is 1.47 bits per heavy atom. The van der Waals surface area contributed by atoms with Crippen molar-refractivity contribution in [2.75, 3.05) is 12.9 Å². The molecule has 2 fully saturated rings. The summed E-state index contributed by atoms with van der Waals surface area (Å²) in [7, 11) is 0.500. The molecular formula is C12H21FN2OS. The zero-order chi connectivity index (χ0) is 12.7. The maximum absolute atomic E-state index is 11.1. The Bertz CT molecular complexity index is 263. The minimum atomic E-state index is 0.0152. The van der Waals surface area contributed by atoms with Crippen molar-refractivity contribution in [3.8, 4) is 0 Å². The van der Waals surface area contributed by atoms with Gasteiger partial charge in [0.1, 0.15) is 0 Å². The van der Waals surface area contributed by atoms with Crippen LogP contribution < -0.4 is 10.6 Å². The van der Waals surface area contributed by atoms with E-state index in [0.29, 0.717) is 24.5 Å². The van der Waals surface area contributed by atoms with E-state index in [-0.39, 0.29) is 6.03 Å². The number of alkyl halides is 1. The molecule has 0 bridgehead atoms. The van der Waals surface area contributed by atoms with E-state index in [0.717, 1.165) is 12.2 Å². The van der Waals surface area contributed by atoms with Gasteiger partial charge in [-0.3, -0.25) is 4.39 Å². The zero-order valence-electron chi connectivity index (χ0n) is 10.2. The Morgan fingerprint density at radius 2 is 2.24 bits per heavy atom. The first-order valence-electron chi connectivity index (χ1n) is 5.98. The molecule has 17 heavy (non-hydrogen) atoms. The minimum Gasteiger partial charge on any atom is -0.332 e. The highest BCUT2D eigenvalue weighted by Crippen LogP contribution is 2.33. The largest absolute Gasteiger partial charge is 0.332 e. The monoisotopic (exact) mass is 260 g/mol. The van der Waals surface area contributed by atoms with Crippen molar-refractivity contribution >= 4 is 17.8 Å². The number of hydrogen-bond donors (Lipinski definition) is 2. The maximum atomic E-state index is 11.1. The van der Waals surface area contributed by atoms with Gasteiger partial charge in [-0.15, -0.1) is 6.58 Å². The molecule has 0 spiro atoms. The summed E-state index contributed by atoms with van der Waals surface area (Å²) < 4.78 is 9.50. The number of unbranched alkanes of at least 4 members (excludes halogenated alkanes) is 2. The van der Waals surface area contributed by atoms with Crippen molar-refractivity contribution < 1.29 is 9.18 Å². The Kier molecular flexibility index (Phi) is 6.40. The molecule has 2 N–H and O–H groups in total. The van der Waals surface area contributed by atoms with Gasteiger partial charge in [-0.05, 0) is 19.3 Å². The molecule has 0 aromatic rings. The molecule has 3 atom stereocenters. The lowest BCUT2D eigenvalue weighted by Crippen LogP contribution is -2.36. The Morgan fingerprint density at radius 3 is 2.94 bits per heavy atom. The molecular weight excluding hydrogens is 239 g/mol. The molecule has 0 aromatic heterocycles. The summed E-state index contributed by atoms with van der Waals surface area (Å²) in [5, 5.41) is 6.59. The van der Waals surface area contributed by atoms with Crippen molar-refractivity contribution in [3.63, 3.8) is 0 Å². The van der Waals surface area contributed by atoms with Crippen molar-refractivity contribution in [2.24, 2.45) is 0 Å². The second-order valence-corrected chi connectivity index (χ2v) is 5.47. The van der Waals surface area contributed by atoms with Gasteiger partial charge in [0.2, 0.25) is 0 Å². The molecule has 0 aliphatic carbocycles. The van der Waals surface area contributed by atoms with Gasteiger partial charge in [0, 0.05) is 11.0 Å². The smallest absolute Gasteiger partial charge is 0.315 e. The number of carbonyl (C=O) groups is 1. The highest BCUT2D eigenvalue weighted by molar-refractivity contribution is 8.00. The zero-order valence-corrected chi connectivity index (χ0v) is 11.1. The highest BCUT2D eigenvalue weighted by atomic mass is 32.2. The average Bonchev–Trinajstić information content (AvgIpc) is 2.87. The van der Waals surface area contributed by atoms with Gasteiger partial charge in [0.05, 0.1) is 19.3 Å². The number of nitrogens with one attached hydrogen (secondary N) is 2. The van der Waals surface area contributed by atoms with Crippen LogP contribution in [0.3, 0.4) is 0 Å². The number of rotatable bonds is 5. The van der Waals surface area contributed by atoms with E-state index in [9.17, 15) is 9.18 Å². The lowest BCUT2D eigenvalue weighted by atomic mass is 10.0. The number of urea groups is 1. The van der Waals surface area contributed by atoms with Crippen LogP contribution in [0.15, 0.2) is 12.7 Å². The fraction of sp³-hybridized carbons (Fsp3) is 0.750. The molecule has 2 heterocycles. The molecule has 98 valence electrons. The van der Waals surface area contributed by atoms with Gasteiger partial charge in [0.15, 0.2) is 0 Å². The van der Waals surface area contributed by atoms with Gasteiger partial charge in [-0.2, -0.15) is 11.8 Å². The van der Waals surface area contributed by atoms with Gasteiger partial charge >= 0.3 is 6.03 Å². The Balaban J connectivity index is 0.000000686. The molecule has 2 aliphatic heterocycles. The second-order valence-electron chi connectivity index (χ2n) is 4.19. The fourth-order valence-corrected chi connectivity index (χ4v) is 3.82. The summed E-state index contributed by atoms with van der Waals surface area (Å²) in [5.74, 6) is 1.07. The summed E-state index contributed by atoms with van der Waals surface area (Å²) >= 11 is 1.99. The fourth-order valence-electron chi connectivity index (χ4n) is 2.28. The van der Waals surface area contributed by atoms with E-state index in [1.54, 1.807) is 0 Å². The van der Waals surface area contributed by atoms with E-state index in [2.05, 4.69) is 17.2 Å². The van der Waals surface area contributed by atoms with Crippen LogP contribution in [0.1, 0.15) is 25.7 Å². The van der Waals surface area contributed by atoms with E-state index >= 15 is 0 Å². The van der Waals surface area contributed by atoms with Crippen LogP contribution in [0.5, 0.6) is 0 Å². The molecule has 3 nitrogen and oxygen atoms in total. The quantitative estimate of drug-likeness (QED) is 0.453. The predicted octanol–water partition coefficient (Wildman–Crippen LogP) is 2.48. The Labute approximate surface area is 107 Å². The predicted molar refractivity (Wildman–Crippen MR) is 71.2 cm³/mol. The topological polar surface area (TPSA) is 41.1 Å². The third kappa shape index (κ3) is 3.91. The number of thioether (sulfide) groups is 1. The molecule has 2 unspecified atom stereocenters. The van der Waals surface area contributed by atoms with Crippen LogP contribution in [0.4, 0.5) is 9.18 Å². The summed E-state index contributed by atoms with van der Waals surface area (Å²) in [6, 6.07) is 0.750. The second kappa shape index (κ2) is 7.58. The highest BCUT2D eigenvalue weighted by Gasteiger charge is 2.42. The summed E-state index contributed by atoms with van der Waals surface area (Å²) in [4.78, 5) is 11.1. The van der Waals surface area contributed by atoms with Crippen LogP contribution in [-0.2, 0) is 0 Å². The molecule has 0 aromatic carbocycles. The minimum absolute atomic E-state index is 0.0152. The van der Waals surface area contributed by atoms with Crippen molar-refractivity contribution in [1.82, 2.24) is 10.6 Å². The summed E-state index contributed by atoms with van der Waals surface area (Å²) in [5.41, 5.74) is 0.